The summed E-state index contributed by atoms with van der Waals surface area (Å²) in [6.07, 6.45) is 10.4. The number of piperazine rings is 1. The van der Waals surface area contributed by atoms with Crippen molar-refractivity contribution >= 4 is 38.4 Å². The van der Waals surface area contributed by atoms with Gasteiger partial charge in [0.25, 0.3) is 5.91 Å². The van der Waals surface area contributed by atoms with E-state index in [0.29, 0.717) is 46.1 Å². The minimum absolute atomic E-state index is 0.00940. The van der Waals surface area contributed by atoms with Gasteiger partial charge in [-0.15, -0.1) is 0 Å². The smallest absolute Gasteiger partial charge is 0.254 e. The molecule has 1 aromatic rings. The lowest BCUT2D eigenvalue weighted by Crippen LogP contribution is -2.48. The fraction of sp³-hybridized carbons (Fsp3) is 0.448. The Hall–Kier alpha value is -3.47. The number of aldehydes is 1. The Morgan fingerprint density at radius 1 is 1.21 bits per heavy atom. The fourth-order valence-electron chi connectivity index (χ4n) is 5.22. The van der Waals surface area contributed by atoms with E-state index in [1.807, 2.05) is 49.0 Å². The third kappa shape index (κ3) is 6.58. The highest BCUT2D eigenvalue weighted by molar-refractivity contribution is 7.43. The number of hydrogen-bond donors (Lipinski definition) is 1. The van der Waals surface area contributed by atoms with Gasteiger partial charge in [0.1, 0.15) is 6.29 Å². The molecule has 9 nitrogen and oxygen atoms in total. The van der Waals surface area contributed by atoms with E-state index in [-0.39, 0.29) is 11.9 Å². The predicted molar refractivity (Wildman–Crippen MR) is 157 cm³/mol. The second kappa shape index (κ2) is 13.5. The number of aryl methyl sites for hydroxylation is 1. The van der Waals surface area contributed by atoms with Crippen molar-refractivity contribution < 1.29 is 14.3 Å². The Bertz CT molecular complexity index is 1230. The predicted octanol–water partition coefficient (Wildman–Crippen LogP) is 3.80. The van der Waals surface area contributed by atoms with Crippen LogP contribution in [0.4, 0.5) is 5.69 Å². The number of amides is 1. The van der Waals surface area contributed by atoms with Crippen molar-refractivity contribution in [2.45, 2.75) is 32.7 Å². The molecule has 1 amide bonds. The summed E-state index contributed by atoms with van der Waals surface area (Å²) in [6, 6.07) is 6.21. The lowest BCUT2D eigenvalue weighted by atomic mass is 9.97. The number of ether oxygens (including phenoxy) is 1. The molecule has 0 aromatic heterocycles. The van der Waals surface area contributed by atoms with E-state index >= 15 is 0 Å². The van der Waals surface area contributed by atoms with Crippen molar-refractivity contribution in [3.05, 3.63) is 58.1 Å². The fourth-order valence-corrected chi connectivity index (χ4v) is 6.43. The van der Waals surface area contributed by atoms with E-state index in [2.05, 4.69) is 27.5 Å². The summed E-state index contributed by atoms with van der Waals surface area (Å²) in [5.74, 6) is -0.00940. The first kappa shape index (κ1) is 28.5. The molecule has 0 saturated carbocycles. The van der Waals surface area contributed by atoms with Gasteiger partial charge in [0.15, 0.2) is 0 Å². The van der Waals surface area contributed by atoms with Crippen LogP contribution < -0.4 is 5.32 Å². The van der Waals surface area contributed by atoms with E-state index in [4.69, 9.17) is 10.00 Å². The Balaban J connectivity index is 1.59. The van der Waals surface area contributed by atoms with E-state index in [0.717, 1.165) is 60.8 Å². The molecule has 3 heterocycles. The van der Waals surface area contributed by atoms with Gasteiger partial charge in [-0.05, 0) is 56.5 Å². The minimum Gasteiger partial charge on any atom is -0.388 e. The van der Waals surface area contributed by atoms with Gasteiger partial charge in [0.2, 0.25) is 0 Å². The van der Waals surface area contributed by atoms with Crippen LogP contribution in [-0.4, -0.2) is 91.9 Å². The number of allylic oxidation sites excluding steroid dienone is 4. The Labute approximate surface area is 232 Å². The summed E-state index contributed by atoms with van der Waals surface area (Å²) in [6.45, 7) is 7.88. The molecule has 0 spiro atoms. The second-order valence-corrected chi connectivity index (χ2v) is 10.9. The van der Waals surface area contributed by atoms with Crippen LogP contribution in [0.5, 0.6) is 0 Å². The molecule has 1 aromatic carbocycles. The maximum atomic E-state index is 13.8. The lowest BCUT2D eigenvalue weighted by Gasteiger charge is -2.38. The van der Waals surface area contributed by atoms with Crippen LogP contribution in [0.25, 0.3) is 5.70 Å². The summed E-state index contributed by atoms with van der Waals surface area (Å²) < 4.78 is 5.56. The molecule has 3 aliphatic heterocycles. The number of carbonyl (C=O) groups excluding carboxylic acids is 2. The van der Waals surface area contributed by atoms with Gasteiger partial charge in [-0.2, -0.15) is 10.4 Å². The number of nitriles is 1. The molecular weight excluding hydrogens is 511 g/mol. The molecule has 1 unspecified atom stereocenters. The maximum absolute atomic E-state index is 13.8. The normalized spacial score (nSPS) is 19.5. The highest BCUT2D eigenvalue weighted by Gasteiger charge is 2.29. The number of anilines is 1. The van der Waals surface area contributed by atoms with Gasteiger partial charge in [-0.3, -0.25) is 14.6 Å². The van der Waals surface area contributed by atoms with E-state index in [9.17, 15) is 9.59 Å². The summed E-state index contributed by atoms with van der Waals surface area (Å²) >= 11 is 0. The van der Waals surface area contributed by atoms with Gasteiger partial charge in [0, 0.05) is 92.7 Å². The van der Waals surface area contributed by atoms with Crippen LogP contribution in [0, 0.1) is 18.3 Å². The van der Waals surface area contributed by atoms with Crippen molar-refractivity contribution in [3.63, 3.8) is 0 Å². The minimum atomic E-state index is -0.00940. The molecule has 0 bridgehead atoms. The molecule has 1 N–H and O–H groups in total. The van der Waals surface area contributed by atoms with Gasteiger partial charge < -0.3 is 19.9 Å². The first-order valence-electron chi connectivity index (χ1n) is 13.4. The molecular formula is C29H37N6O3P. The zero-order chi connectivity index (χ0) is 27.8. The van der Waals surface area contributed by atoms with Gasteiger partial charge in [0.05, 0.1) is 17.8 Å². The Kier molecular flexibility index (Phi) is 9.91. The molecule has 0 radical (unpaired) electrons. The lowest BCUT2D eigenvalue weighted by molar-refractivity contribution is -0.104. The molecule has 2 saturated heterocycles. The third-order valence-electron chi connectivity index (χ3n) is 7.34. The largest absolute Gasteiger partial charge is 0.388 e. The Morgan fingerprint density at radius 2 is 1.95 bits per heavy atom. The first-order chi connectivity index (χ1) is 19.0. The zero-order valence-corrected chi connectivity index (χ0v) is 23.9. The van der Waals surface area contributed by atoms with Crippen LogP contribution in [-0.2, 0) is 9.53 Å². The average molecular weight is 549 g/mol. The van der Waals surface area contributed by atoms with E-state index in [1.165, 1.54) is 11.5 Å². The number of nitrogens with one attached hydrogen (secondary N) is 1. The highest BCUT2D eigenvalue weighted by atomic mass is 31.1. The topological polar surface area (TPSA) is 101 Å². The molecule has 1 atom stereocenters. The van der Waals surface area contributed by atoms with Crippen molar-refractivity contribution in [2.24, 2.45) is 5.10 Å². The quantitative estimate of drug-likeness (QED) is 0.173. The molecule has 3 aliphatic rings. The number of carbonyl (C=O) groups is 2. The summed E-state index contributed by atoms with van der Waals surface area (Å²) in [5, 5.41) is 18.9. The molecule has 0 aliphatic carbocycles. The Morgan fingerprint density at radius 3 is 2.54 bits per heavy atom. The number of rotatable bonds is 8. The monoisotopic (exact) mass is 548 g/mol. The van der Waals surface area contributed by atoms with E-state index < -0.39 is 0 Å². The van der Waals surface area contributed by atoms with Crippen molar-refractivity contribution in [1.29, 1.82) is 5.26 Å². The van der Waals surface area contributed by atoms with Crippen LogP contribution in [0.2, 0.25) is 0 Å². The molecule has 206 valence electrons. The van der Waals surface area contributed by atoms with Crippen molar-refractivity contribution in [1.82, 2.24) is 14.8 Å². The standard InChI is InChI=1S/C29H37N6O3P/c1-4-32-35(23-8-15-38-16-9-23)27(7-14-36)25-18-24(21(2)17-26(25)31-3)29(37)34-12-10-33(11-13-34)28-6-5-22(19-30)20-39-28/h4-7,14,17-18,23,31,39H,8-13,15-16,20H2,1-3H3/b27-7+,32-4-. The number of hydrogen-bond acceptors (Lipinski definition) is 8. The first-order valence-corrected chi connectivity index (χ1v) is 14.6. The van der Waals surface area contributed by atoms with Crippen LogP contribution in [0.1, 0.15) is 41.3 Å². The van der Waals surface area contributed by atoms with Crippen LogP contribution >= 0.6 is 8.58 Å². The molecule has 4 rings (SSSR count). The maximum Gasteiger partial charge on any atom is 0.254 e. The zero-order valence-electron chi connectivity index (χ0n) is 22.9. The van der Waals surface area contributed by atoms with Crippen molar-refractivity contribution in [3.8, 4) is 6.07 Å². The average Bonchev–Trinajstić information content (AvgIpc) is 2.99. The van der Waals surface area contributed by atoms with Gasteiger partial charge in [-0.25, -0.2) is 0 Å². The number of nitrogens with zero attached hydrogens (tertiary/aromatic N) is 5. The summed E-state index contributed by atoms with van der Waals surface area (Å²) in [7, 11) is 2.43. The summed E-state index contributed by atoms with van der Waals surface area (Å²) in [4.78, 5) is 29.8. The van der Waals surface area contributed by atoms with E-state index in [1.54, 1.807) is 6.21 Å². The third-order valence-corrected chi connectivity index (χ3v) is 8.75. The highest BCUT2D eigenvalue weighted by Crippen LogP contribution is 2.35. The van der Waals surface area contributed by atoms with Crippen LogP contribution in [0.3, 0.4) is 0 Å². The number of benzene rings is 1. The molecule has 10 heteroatoms. The SMILES string of the molecule is C/C=N\N(/C(=C/C=O)c1cc(C(=O)N2CCN(C3=CC=C(C#N)CP3)CC2)c(C)cc1NC)C1CCOCC1. The van der Waals surface area contributed by atoms with Gasteiger partial charge >= 0.3 is 0 Å². The van der Waals surface area contributed by atoms with Crippen LogP contribution in [0.15, 0.2) is 46.5 Å². The summed E-state index contributed by atoms with van der Waals surface area (Å²) in [5.41, 5.74) is 5.85. The number of hydrazone groups is 1. The van der Waals surface area contributed by atoms with Gasteiger partial charge in [-0.1, -0.05) is 8.58 Å². The van der Waals surface area contributed by atoms with Crippen molar-refractivity contribution in [2.75, 3.05) is 57.9 Å². The second-order valence-electron chi connectivity index (χ2n) is 9.70. The molecule has 2 fully saturated rings. The molecule has 39 heavy (non-hydrogen) atoms.